The normalized spacial score (nSPS) is 11.4. The van der Waals surface area contributed by atoms with Crippen molar-refractivity contribution in [3.8, 4) is 0 Å². The molecule has 2 rings (SSSR count). The van der Waals surface area contributed by atoms with Gasteiger partial charge >= 0.3 is 5.97 Å². The monoisotopic (exact) mass is 478 g/mol. The van der Waals surface area contributed by atoms with E-state index in [1.807, 2.05) is 0 Å². The van der Waals surface area contributed by atoms with Gasteiger partial charge in [0.25, 0.3) is 22.7 Å². The number of carboxylic acid groups (broad SMARTS) is 1. The lowest BCUT2D eigenvalue weighted by Gasteiger charge is -2.30. The Bertz CT molecular complexity index is 1080. The summed E-state index contributed by atoms with van der Waals surface area (Å²) in [5.41, 5.74) is 1.39. The van der Waals surface area contributed by atoms with Crippen molar-refractivity contribution < 1.29 is 29.6 Å². The molecule has 0 aliphatic carbocycles. The van der Waals surface area contributed by atoms with Crippen LogP contribution in [-0.4, -0.2) is 43.4 Å². The van der Waals surface area contributed by atoms with Crippen molar-refractivity contribution in [3.63, 3.8) is 0 Å². The minimum atomic E-state index is -1.60. The van der Waals surface area contributed by atoms with Crippen LogP contribution in [0.2, 0.25) is 0 Å². The second-order valence-electron chi connectivity index (χ2n) is 6.88. The second kappa shape index (κ2) is 10.7. The molecule has 2 aromatic carbocycles. The molecule has 0 radical (unpaired) electrons. The van der Waals surface area contributed by atoms with Crippen molar-refractivity contribution >= 4 is 40.1 Å². The molecular weight excluding hydrogens is 460 g/mol. The molecule has 180 valence electrons. The molecule has 0 saturated heterocycles. The van der Waals surface area contributed by atoms with Gasteiger partial charge in [0, 0.05) is 12.1 Å². The Kier molecular flexibility index (Phi) is 8.05. The summed E-state index contributed by atoms with van der Waals surface area (Å²) >= 11 is 0. The lowest BCUT2D eigenvalue weighted by molar-refractivity contribution is -0.393. The average Bonchev–Trinajstić information content (AvgIpc) is 2.77. The Balaban J connectivity index is 2.88. The molecule has 2 aromatic rings. The molecule has 0 saturated carbocycles. The highest BCUT2D eigenvalue weighted by molar-refractivity contribution is 5.88. The zero-order chi connectivity index (χ0) is 25.6. The number of unbranched alkanes of at least 4 members (excludes halogenated alkanes) is 1. The van der Waals surface area contributed by atoms with Gasteiger partial charge in [0.2, 0.25) is 0 Å². The van der Waals surface area contributed by atoms with Crippen molar-refractivity contribution in [2.45, 2.75) is 25.3 Å². The van der Waals surface area contributed by atoms with Crippen LogP contribution < -0.4 is 10.6 Å². The number of nitrogens with zero attached hydrogens (tertiary/aromatic N) is 5. The summed E-state index contributed by atoms with van der Waals surface area (Å²) < 4.78 is 0. The van der Waals surface area contributed by atoms with E-state index in [4.69, 9.17) is 5.73 Å². The van der Waals surface area contributed by atoms with Gasteiger partial charge in [-0.25, -0.2) is 4.79 Å². The van der Waals surface area contributed by atoms with E-state index in [1.165, 1.54) is 0 Å². The largest absolute Gasteiger partial charge is 0.480 e. The maximum Gasteiger partial charge on any atom is 0.326 e. The fourth-order valence-electron chi connectivity index (χ4n) is 3.26. The molecule has 16 heteroatoms. The van der Waals surface area contributed by atoms with Crippen LogP contribution in [0.15, 0.2) is 36.4 Å². The van der Waals surface area contributed by atoms with Gasteiger partial charge in [0.1, 0.15) is 17.4 Å². The lowest BCUT2D eigenvalue weighted by Crippen LogP contribution is -2.39. The van der Waals surface area contributed by atoms with E-state index in [0.29, 0.717) is 18.6 Å². The molecule has 0 aromatic heterocycles. The zero-order valence-corrected chi connectivity index (χ0v) is 17.3. The summed E-state index contributed by atoms with van der Waals surface area (Å²) in [5.74, 6) is -1.50. The fourth-order valence-corrected chi connectivity index (χ4v) is 3.26. The lowest BCUT2D eigenvalue weighted by atomic mass is 10.0. The number of carbonyl (C=O) groups is 1. The summed E-state index contributed by atoms with van der Waals surface area (Å²) in [6.45, 7) is 0.210. The molecule has 16 nitrogen and oxygen atoms in total. The molecule has 34 heavy (non-hydrogen) atoms. The first-order valence-corrected chi connectivity index (χ1v) is 9.57. The third-order valence-electron chi connectivity index (χ3n) is 4.78. The Labute approximate surface area is 189 Å². The third-order valence-corrected chi connectivity index (χ3v) is 4.78. The van der Waals surface area contributed by atoms with Gasteiger partial charge in [0.05, 0.1) is 31.8 Å². The molecule has 0 spiro atoms. The minimum Gasteiger partial charge on any atom is -0.480 e. The SMILES string of the molecule is NCCCCC(C(=O)O)N(c1ccc([N+](=O)[O-])cc1[N+](=O)[O-])c1ccc([N+](=O)[O-])cc1[N+](=O)[O-]. The number of nitro groups is 4. The number of anilines is 2. The number of carboxylic acids is 1. The first-order valence-electron chi connectivity index (χ1n) is 9.57. The topological polar surface area (TPSA) is 239 Å². The number of rotatable bonds is 12. The van der Waals surface area contributed by atoms with Gasteiger partial charge in [-0.3, -0.25) is 40.5 Å². The predicted octanol–water partition coefficient (Wildman–Crippen LogP) is 3.04. The summed E-state index contributed by atoms with van der Waals surface area (Å²) in [5, 5.41) is 55.5. The molecule has 1 unspecified atom stereocenters. The van der Waals surface area contributed by atoms with Crippen LogP contribution in [-0.2, 0) is 4.79 Å². The Morgan fingerprint density at radius 2 is 1.26 bits per heavy atom. The van der Waals surface area contributed by atoms with Crippen LogP contribution in [0.4, 0.5) is 34.1 Å². The van der Waals surface area contributed by atoms with Crippen LogP contribution in [0.1, 0.15) is 19.3 Å². The van der Waals surface area contributed by atoms with Crippen LogP contribution in [0.3, 0.4) is 0 Å². The molecule has 0 fully saturated rings. The van der Waals surface area contributed by atoms with E-state index >= 15 is 0 Å². The van der Waals surface area contributed by atoms with E-state index in [1.54, 1.807) is 0 Å². The van der Waals surface area contributed by atoms with Crippen molar-refractivity contribution in [2.24, 2.45) is 5.73 Å². The predicted molar refractivity (Wildman–Crippen MR) is 116 cm³/mol. The maximum atomic E-state index is 12.2. The molecule has 0 aliphatic rings. The molecule has 0 bridgehead atoms. The Morgan fingerprint density at radius 1 is 0.824 bits per heavy atom. The first kappa shape index (κ1) is 25.5. The number of nitro benzene ring substituents is 4. The smallest absolute Gasteiger partial charge is 0.326 e. The van der Waals surface area contributed by atoms with Crippen LogP contribution in [0.25, 0.3) is 0 Å². The van der Waals surface area contributed by atoms with E-state index in [0.717, 1.165) is 29.2 Å². The fraction of sp³-hybridized carbons (Fsp3) is 0.278. The highest BCUT2D eigenvalue weighted by atomic mass is 16.6. The van der Waals surface area contributed by atoms with E-state index in [2.05, 4.69) is 0 Å². The number of aliphatic carboxylic acids is 1. The zero-order valence-electron chi connectivity index (χ0n) is 17.3. The molecule has 3 N–H and O–H groups in total. The standard InChI is InChI=1S/C18H18N6O10/c19-8-2-1-3-15(18(25)26)20(13-6-4-11(21(27)28)9-16(13)23(31)32)14-7-5-12(22(29)30)10-17(14)24(33)34/h4-7,9-10,15H,1-3,8,19H2,(H,25,26). The second-order valence-corrected chi connectivity index (χ2v) is 6.88. The van der Waals surface area contributed by atoms with Crippen molar-refractivity contribution in [2.75, 3.05) is 11.4 Å². The van der Waals surface area contributed by atoms with Gasteiger partial charge in [-0.1, -0.05) is 0 Å². The average molecular weight is 478 g/mol. The van der Waals surface area contributed by atoms with Crippen molar-refractivity contribution in [1.29, 1.82) is 0 Å². The number of benzene rings is 2. The van der Waals surface area contributed by atoms with Crippen LogP contribution in [0, 0.1) is 40.5 Å². The van der Waals surface area contributed by atoms with Gasteiger partial charge in [0.15, 0.2) is 0 Å². The third kappa shape index (κ3) is 5.54. The van der Waals surface area contributed by atoms with Crippen molar-refractivity contribution in [1.82, 2.24) is 0 Å². The van der Waals surface area contributed by atoms with Gasteiger partial charge < -0.3 is 15.7 Å². The van der Waals surface area contributed by atoms with E-state index in [-0.39, 0.29) is 19.4 Å². The first-order chi connectivity index (χ1) is 16.0. The molecular formula is C18H18N6O10. The number of hydrogen-bond acceptors (Lipinski definition) is 11. The summed E-state index contributed by atoms with van der Waals surface area (Å²) in [6, 6.07) is 3.15. The maximum absolute atomic E-state index is 12.2. The van der Waals surface area contributed by atoms with Crippen molar-refractivity contribution in [3.05, 3.63) is 76.9 Å². The van der Waals surface area contributed by atoms with E-state index < -0.39 is 65.8 Å². The Hall–Kier alpha value is -4.73. The number of nitrogens with two attached hydrogens (primary N) is 1. The minimum absolute atomic E-state index is 0.158. The highest BCUT2D eigenvalue weighted by Gasteiger charge is 2.37. The Morgan fingerprint density at radius 3 is 1.59 bits per heavy atom. The highest BCUT2D eigenvalue weighted by Crippen LogP contribution is 2.43. The van der Waals surface area contributed by atoms with Crippen LogP contribution >= 0.6 is 0 Å². The van der Waals surface area contributed by atoms with Crippen LogP contribution in [0.5, 0.6) is 0 Å². The number of hydrogen-bond donors (Lipinski definition) is 2. The molecule has 0 amide bonds. The van der Waals surface area contributed by atoms with Gasteiger partial charge in [-0.15, -0.1) is 0 Å². The van der Waals surface area contributed by atoms with E-state index in [9.17, 15) is 50.4 Å². The summed E-state index contributed by atoms with van der Waals surface area (Å²) in [6.07, 6.45) is 0.447. The molecule has 0 aliphatic heterocycles. The quantitative estimate of drug-likeness (QED) is 0.254. The molecule has 1 atom stereocenters. The summed E-state index contributed by atoms with van der Waals surface area (Å²) in [7, 11) is 0. The number of non-ortho nitro benzene ring substituents is 2. The molecule has 0 heterocycles. The summed E-state index contributed by atoms with van der Waals surface area (Å²) in [4.78, 5) is 54.8. The van der Waals surface area contributed by atoms with Gasteiger partial charge in [-0.2, -0.15) is 0 Å². The van der Waals surface area contributed by atoms with Gasteiger partial charge in [-0.05, 0) is 37.9 Å².